The van der Waals surface area contributed by atoms with Crippen molar-refractivity contribution in [3.8, 4) is 11.5 Å². The van der Waals surface area contributed by atoms with Crippen LogP contribution in [0.3, 0.4) is 0 Å². The fourth-order valence-corrected chi connectivity index (χ4v) is 4.22. The van der Waals surface area contributed by atoms with Gasteiger partial charge >= 0.3 is 0 Å². The Balaban J connectivity index is 1.46. The van der Waals surface area contributed by atoms with Crippen LogP contribution in [0.15, 0.2) is 18.2 Å². The lowest BCUT2D eigenvalue weighted by molar-refractivity contribution is -0.136. The number of carbonyl (C=O) groups is 2. The summed E-state index contributed by atoms with van der Waals surface area (Å²) in [6.45, 7) is 5.77. The van der Waals surface area contributed by atoms with Crippen LogP contribution in [0.2, 0.25) is 0 Å². The first-order valence-corrected chi connectivity index (χ1v) is 10.5. The Hall–Kier alpha value is -2.28. The molecule has 1 aromatic rings. The molecule has 0 radical (unpaired) electrons. The third-order valence-corrected chi connectivity index (χ3v) is 6.14. The summed E-state index contributed by atoms with van der Waals surface area (Å²) in [6, 6.07) is 5.42. The Morgan fingerprint density at radius 3 is 2.34 bits per heavy atom. The van der Waals surface area contributed by atoms with Crippen molar-refractivity contribution in [2.24, 2.45) is 5.92 Å². The third kappa shape index (κ3) is 5.21. The molecule has 7 heteroatoms. The zero-order valence-electron chi connectivity index (χ0n) is 17.8. The molecular weight excluding hydrogens is 370 g/mol. The lowest BCUT2D eigenvalue weighted by Crippen LogP contribution is -2.49. The first-order valence-electron chi connectivity index (χ1n) is 10.5. The van der Waals surface area contributed by atoms with Gasteiger partial charge in [0.25, 0.3) is 0 Å². The quantitative estimate of drug-likeness (QED) is 0.754. The zero-order chi connectivity index (χ0) is 20.8. The molecule has 1 aromatic carbocycles. The molecule has 2 heterocycles. The van der Waals surface area contributed by atoms with E-state index in [1.165, 1.54) is 0 Å². The number of likely N-dealkylation sites (tertiary alicyclic amines) is 2. The summed E-state index contributed by atoms with van der Waals surface area (Å²) < 4.78 is 10.6. The first-order chi connectivity index (χ1) is 14.0. The van der Waals surface area contributed by atoms with Crippen LogP contribution in [0.4, 0.5) is 0 Å². The van der Waals surface area contributed by atoms with Crippen molar-refractivity contribution in [2.45, 2.75) is 45.2 Å². The first kappa shape index (κ1) is 21.4. The van der Waals surface area contributed by atoms with E-state index in [1.807, 2.05) is 30.0 Å². The van der Waals surface area contributed by atoms with Crippen molar-refractivity contribution in [3.05, 3.63) is 23.8 Å². The van der Waals surface area contributed by atoms with Crippen LogP contribution < -0.4 is 14.8 Å². The number of hydrogen-bond acceptors (Lipinski definition) is 5. The summed E-state index contributed by atoms with van der Waals surface area (Å²) in [7, 11) is 3.20. The monoisotopic (exact) mass is 403 g/mol. The number of nitrogens with one attached hydrogen (secondary N) is 1. The molecule has 7 nitrogen and oxygen atoms in total. The van der Waals surface area contributed by atoms with E-state index in [-0.39, 0.29) is 17.9 Å². The summed E-state index contributed by atoms with van der Waals surface area (Å²) in [4.78, 5) is 29.4. The molecule has 0 bridgehead atoms. The van der Waals surface area contributed by atoms with Gasteiger partial charge in [0.2, 0.25) is 11.8 Å². The molecule has 2 amide bonds. The van der Waals surface area contributed by atoms with E-state index in [9.17, 15) is 9.59 Å². The fourth-order valence-electron chi connectivity index (χ4n) is 4.22. The van der Waals surface area contributed by atoms with E-state index in [0.717, 1.165) is 57.4 Å². The second-order valence-electron chi connectivity index (χ2n) is 7.93. The van der Waals surface area contributed by atoms with Crippen LogP contribution in [-0.2, 0) is 16.1 Å². The van der Waals surface area contributed by atoms with Gasteiger partial charge in [-0.25, -0.2) is 0 Å². The Kier molecular flexibility index (Phi) is 7.36. The maximum Gasteiger partial charge on any atom is 0.237 e. The molecular formula is C22H33N3O4. The number of rotatable bonds is 7. The van der Waals surface area contributed by atoms with Gasteiger partial charge in [-0.2, -0.15) is 0 Å². The molecule has 1 atom stereocenters. The predicted molar refractivity (Wildman–Crippen MR) is 111 cm³/mol. The number of ether oxygens (including phenoxy) is 2. The Morgan fingerprint density at radius 2 is 1.72 bits per heavy atom. The van der Waals surface area contributed by atoms with Gasteiger partial charge in [-0.1, -0.05) is 6.07 Å². The van der Waals surface area contributed by atoms with Crippen LogP contribution in [0.1, 0.15) is 38.2 Å². The topological polar surface area (TPSA) is 71.1 Å². The zero-order valence-corrected chi connectivity index (χ0v) is 17.8. The van der Waals surface area contributed by atoms with Crippen molar-refractivity contribution in [3.63, 3.8) is 0 Å². The van der Waals surface area contributed by atoms with Crippen molar-refractivity contribution in [2.75, 3.05) is 40.4 Å². The number of piperidine rings is 1. The largest absolute Gasteiger partial charge is 0.493 e. The molecule has 160 valence electrons. The van der Waals surface area contributed by atoms with Crippen LogP contribution in [0.5, 0.6) is 11.5 Å². The van der Waals surface area contributed by atoms with Gasteiger partial charge in [-0.3, -0.25) is 14.5 Å². The highest BCUT2D eigenvalue weighted by atomic mass is 16.5. The predicted octanol–water partition coefficient (Wildman–Crippen LogP) is 2.04. The smallest absolute Gasteiger partial charge is 0.237 e. The van der Waals surface area contributed by atoms with E-state index in [0.29, 0.717) is 24.0 Å². The summed E-state index contributed by atoms with van der Waals surface area (Å²) in [5, 5.41) is 3.01. The molecule has 2 aliphatic heterocycles. The minimum absolute atomic E-state index is 0.00380. The van der Waals surface area contributed by atoms with E-state index in [2.05, 4.69) is 10.2 Å². The normalized spacial score (nSPS) is 19.1. The Bertz CT molecular complexity index is 710. The summed E-state index contributed by atoms with van der Waals surface area (Å²) in [6.07, 6.45) is 3.93. The lowest BCUT2D eigenvalue weighted by Gasteiger charge is -2.36. The molecule has 3 rings (SSSR count). The Labute approximate surface area is 173 Å². The third-order valence-electron chi connectivity index (χ3n) is 6.14. The van der Waals surface area contributed by atoms with Gasteiger partial charge in [0.05, 0.1) is 20.3 Å². The molecule has 0 spiro atoms. The van der Waals surface area contributed by atoms with E-state index in [4.69, 9.17) is 9.47 Å². The number of hydrogen-bond donors (Lipinski definition) is 1. The van der Waals surface area contributed by atoms with Crippen LogP contribution in [-0.4, -0.2) is 68.1 Å². The lowest BCUT2D eigenvalue weighted by atomic mass is 9.94. The number of amides is 2. The van der Waals surface area contributed by atoms with Crippen molar-refractivity contribution < 1.29 is 19.1 Å². The maximum absolute atomic E-state index is 12.6. The molecule has 1 N–H and O–H groups in total. The molecule has 0 saturated carbocycles. The fraction of sp³-hybridized carbons (Fsp3) is 0.636. The van der Waals surface area contributed by atoms with Gasteiger partial charge in [0.15, 0.2) is 11.5 Å². The second-order valence-corrected chi connectivity index (χ2v) is 7.93. The van der Waals surface area contributed by atoms with Crippen molar-refractivity contribution >= 4 is 11.8 Å². The molecule has 0 aromatic heterocycles. The number of benzene rings is 1. The van der Waals surface area contributed by atoms with Gasteiger partial charge < -0.3 is 19.7 Å². The molecule has 1 unspecified atom stereocenters. The van der Waals surface area contributed by atoms with Gasteiger partial charge in [0.1, 0.15) is 0 Å². The van der Waals surface area contributed by atoms with Crippen LogP contribution in [0, 0.1) is 5.92 Å². The van der Waals surface area contributed by atoms with Crippen molar-refractivity contribution in [1.82, 2.24) is 15.1 Å². The minimum atomic E-state index is -0.210. The average Bonchev–Trinajstić information content (AvgIpc) is 3.31. The SMILES string of the molecule is COc1ccc(CNC(=O)C(C)N2CCC(C(=O)N3CCCC3)CC2)cc1OC. The standard InChI is InChI=1S/C22H33N3O4/c1-16(21(26)23-15-17-6-7-19(28-2)20(14-17)29-3)24-12-8-18(9-13-24)22(27)25-10-4-5-11-25/h6-7,14,16,18H,4-5,8-13,15H2,1-3H3,(H,23,26). The van der Waals surface area contributed by atoms with Crippen LogP contribution in [0.25, 0.3) is 0 Å². The molecule has 0 aliphatic carbocycles. The van der Waals surface area contributed by atoms with E-state index in [1.54, 1.807) is 14.2 Å². The van der Waals surface area contributed by atoms with E-state index >= 15 is 0 Å². The number of nitrogens with zero attached hydrogens (tertiary/aromatic N) is 2. The second kappa shape index (κ2) is 9.96. The Morgan fingerprint density at radius 1 is 1.07 bits per heavy atom. The highest BCUT2D eigenvalue weighted by Gasteiger charge is 2.32. The summed E-state index contributed by atoms with van der Waals surface area (Å²) >= 11 is 0. The number of carbonyl (C=O) groups excluding carboxylic acids is 2. The summed E-state index contributed by atoms with van der Waals surface area (Å²) in [5.41, 5.74) is 0.957. The minimum Gasteiger partial charge on any atom is -0.493 e. The highest BCUT2D eigenvalue weighted by Crippen LogP contribution is 2.27. The van der Waals surface area contributed by atoms with E-state index < -0.39 is 0 Å². The van der Waals surface area contributed by atoms with Crippen molar-refractivity contribution in [1.29, 1.82) is 0 Å². The molecule has 2 fully saturated rings. The van der Waals surface area contributed by atoms with Gasteiger partial charge in [-0.15, -0.1) is 0 Å². The highest BCUT2D eigenvalue weighted by molar-refractivity contribution is 5.81. The van der Waals surface area contributed by atoms with Gasteiger partial charge in [-0.05, 0) is 63.4 Å². The molecule has 2 saturated heterocycles. The molecule has 29 heavy (non-hydrogen) atoms. The summed E-state index contributed by atoms with van der Waals surface area (Å²) in [5.74, 6) is 1.75. The maximum atomic E-state index is 12.6. The molecule has 2 aliphatic rings. The average molecular weight is 404 g/mol. The number of methoxy groups -OCH3 is 2. The van der Waals surface area contributed by atoms with Gasteiger partial charge in [0, 0.05) is 25.6 Å². The van der Waals surface area contributed by atoms with Crippen LogP contribution >= 0.6 is 0 Å².